The number of carbonyl (C=O) groups is 1. The lowest BCUT2D eigenvalue weighted by Gasteiger charge is -2.06. The topological polar surface area (TPSA) is 50.7 Å². The smallest absolute Gasteiger partial charge is 0.277 e. The third-order valence-corrected chi connectivity index (χ3v) is 4.37. The summed E-state index contributed by atoms with van der Waals surface area (Å²) in [5.74, 6) is 0.388. The number of hydrazone groups is 1. The number of thiophene rings is 1. The predicted molar refractivity (Wildman–Crippen MR) is 89.0 cm³/mol. The van der Waals surface area contributed by atoms with Gasteiger partial charge in [-0.05, 0) is 59.6 Å². The number of carbonyl (C=O) groups excluding carboxylic acids is 1. The second-order valence-corrected chi connectivity index (χ2v) is 6.90. The summed E-state index contributed by atoms with van der Waals surface area (Å²) < 4.78 is 6.43. The van der Waals surface area contributed by atoms with Gasteiger partial charge in [-0.25, -0.2) is 5.43 Å². The average molecular weight is 367 g/mol. The third kappa shape index (κ3) is 4.99. The van der Waals surface area contributed by atoms with Crippen molar-refractivity contribution in [2.24, 2.45) is 5.10 Å². The number of amides is 1. The molecule has 0 unspecified atom stereocenters. The standard InChI is InChI=1S/C15H15BrN2O2S/c1-10-4-3-5-12(8-10)20-9-15(19)18-17-11(2)13-6-7-14(16)21-13/h3-8H,9H2,1-2H3,(H,18,19). The first kappa shape index (κ1) is 15.7. The van der Waals surface area contributed by atoms with Gasteiger partial charge in [0.2, 0.25) is 0 Å². The lowest BCUT2D eigenvalue weighted by molar-refractivity contribution is -0.123. The molecule has 1 heterocycles. The highest BCUT2D eigenvalue weighted by atomic mass is 79.9. The first-order chi connectivity index (χ1) is 10.0. The highest BCUT2D eigenvalue weighted by Gasteiger charge is 2.04. The molecule has 0 radical (unpaired) electrons. The summed E-state index contributed by atoms with van der Waals surface area (Å²) in [5.41, 5.74) is 4.34. The van der Waals surface area contributed by atoms with Crippen molar-refractivity contribution in [1.29, 1.82) is 0 Å². The number of hydrogen-bond donors (Lipinski definition) is 1. The molecule has 2 rings (SSSR count). The summed E-state index contributed by atoms with van der Waals surface area (Å²) in [6, 6.07) is 11.5. The molecule has 1 amide bonds. The molecular weight excluding hydrogens is 352 g/mol. The Kier molecular flexibility index (Phi) is 5.52. The van der Waals surface area contributed by atoms with Gasteiger partial charge in [-0.2, -0.15) is 5.10 Å². The highest BCUT2D eigenvalue weighted by Crippen LogP contribution is 2.22. The summed E-state index contributed by atoms with van der Waals surface area (Å²) >= 11 is 4.96. The van der Waals surface area contributed by atoms with Gasteiger partial charge in [0.05, 0.1) is 14.4 Å². The predicted octanol–water partition coefficient (Wildman–Crippen LogP) is 3.74. The molecule has 1 aromatic heterocycles. The second kappa shape index (κ2) is 7.38. The Bertz CT molecular complexity index is 667. The molecule has 2 aromatic rings. The Morgan fingerprint density at radius 1 is 1.38 bits per heavy atom. The van der Waals surface area contributed by atoms with Crippen LogP contribution in [-0.4, -0.2) is 18.2 Å². The third-order valence-electron chi connectivity index (χ3n) is 2.64. The van der Waals surface area contributed by atoms with E-state index in [9.17, 15) is 4.79 Å². The van der Waals surface area contributed by atoms with E-state index in [0.29, 0.717) is 5.75 Å². The molecule has 0 saturated carbocycles. The minimum Gasteiger partial charge on any atom is -0.484 e. The maximum absolute atomic E-state index is 11.7. The van der Waals surface area contributed by atoms with E-state index in [-0.39, 0.29) is 12.5 Å². The molecule has 4 nitrogen and oxygen atoms in total. The minimum atomic E-state index is -0.286. The number of halogens is 1. The molecule has 0 aliphatic rings. The molecule has 110 valence electrons. The van der Waals surface area contributed by atoms with Crippen LogP contribution in [0, 0.1) is 6.92 Å². The Hall–Kier alpha value is -1.66. The number of hydrogen-bond acceptors (Lipinski definition) is 4. The molecule has 21 heavy (non-hydrogen) atoms. The second-order valence-electron chi connectivity index (χ2n) is 4.44. The normalized spacial score (nSPS) is 11.3. The quantitative estimate of drug-likeness (QED) is 0.647. The van der Waals surface area contributed by atoms with Crippen LogP contribution in [-0.2, 0) is 4.79 Å². The molecule has 0 aliphatic heterocycles. The Morgan fingerprint density at radius 2 is 2.19 bits per heavy atom. The van der Waals surface area contributed by atoms with Crippen molar-refractivity contribution in [2.75, 3.05) is 6.61 Å². The monoisotopic (exact) mass is 366 g/mol. The van der Waals surface area contributed by atoms with E-state index >= 15 is 0 Å². The molecule has 0 saturated heterocycles. The minimum absolute atomic E-state index is 0.0611. The van der Waals surface area contributed by atoms with Gasteiger partial charge in [-0.3, -0.25) is 4.79 Å². The number of nitrogens with one attached hydrogen (secondary N) is 1. The van der Waals surface area contributed by atoms with Crippen molar-refractivity contribution in [1.82, 2.24) is 5.43 Å². The number of ether oxygens (including phenoxy) is 1. The van der Waals surface area contributed by atoms with E-state index in [0.717, 1.165) is 19.9 Å². The Balaban J connectivity index is 1.84. The maximum Gasteiger partial charge on any atom is 0.277 e. The summed E-state index contributed by atoms with van der Waals surface area (Å²) in [6.07, 6.45) is 0. The van der Waals surface area contributed by atoms with Crippen molar-refractivity contribution in [3.8, 4) is 5.75 Å². The molecule has 0 atom stereocenters. The van der Waals surface area contributed by atoms with Crippen LogP contribution >= 0.6 is 27.3 Å². The summed E-state index contributed by atoms with van der Waals surface area (Å²) in [6.45, 7) is 3.76. The fourth-order valence-electron chi connectivity index (χ4n) is 1.60. The molecule has 0 aliphatic carbocycles. The van der Waals surface area contributed by atoms with Gasteiger partial charge in [-0.1, -0.05) is 12.1 Å². The van der Waals surface area contributed by atoms with Crippen LogP contribution < -0.4 is 10.2 Å². The van der Waals surface area contributed by atoms with Gasteiger partial charge in [-0.15, -0.1) is 11.3 Å². The lowest BCUT2D eigenvalue weighted by atomic mass is 10.2. The van der Waals surface area contributed by atoms with Crippen LogP contribution in [0.4, 0.5) is 0 Å². The van der Waals surface area contributed by atoms with Crippen LogP contribution in [0.15, 0.2) is 45.3 Å². The fourth-order valence-corrected chi connectivity index (χ4v) is 2.93. The van der Waals surface area contributed by atoms with Gasteiger partial charge in [0.1, 0.15) is 5.75 Å². The molecule has 1 N–H and O–H groups in total. The summed E-state index contributed by atoms with van der Waals surface area (Å²) in [7, 11) is 0. The fraction of sp³-hybridized carbons (Fsp3) is 0.200. The van der Waals surface area contributed by atoms with Gasteiger partial charge < -0.3 is 4.74 Å². The van der Waals surface area contributed by atoms with Crippen LogP contribution in [0.3, 0.4) is 0 Å². The van der Waals surface area contributed by atoms with Crippen molar-refractivity contribution < 1.29 is 9.53 Å². The van der Waals surface area contributed by atoms with E-state index in [2.05, 4.69) is 26.5 Å². The van der Waals surface area contributed by atoms with Crippen LogP contribution in [0.2, 0.25) is 0 Å². The molecule has 6 heteroatoms. The number of rotatable bonds is 5. The van der Waals surface area contributed by atoms with E-state index in [4.69, 9.17) is 4.74 Å². The molecule has 0 fully saturated rings. The molecular formula is C15H15BrN2O2S. The van der Waals surface area contributed by atoms with Gasteiger partial charge in [0.25, 0.3) is 5.91 Å². The zero-order valence-electron chi connectivity index (χ0n) is 11.7. The maximum atomic E-state index is 11.7. The van der Waals surface area contributed by atoms with E-state index in [1.165, 1.54) is 0 Å². The number of benzene rings is 1. The van der Waals surface area contributed by atoms with E-state index in [1.807, 2.05) is 50.2 Å². The molecule has 1 aromatic carbocycles. The van der Waals surface area contributed by atoms with Crippen LogP contribution in [0.5, 0.6) is 5.75 Å². The number of aryl methyl sites for hydroxylation is 1. The van der Waals surface area contributed by atoms with Crippen molar-refractivity contribution in [3.05, 3.63) is 50.6 Å². The Morgan fingerprint density at radius 3 is 2.86 bits per heavy atom. The Labute approximate surface area is 136 Å². The molecule has 0 spiro atoms. The first-order valence-corrected chi connectivity index (χ1v) is 7.94. The summed E-state index contributed by atoms with van der Waals surface area (Å²) in [4.78, 5) is 12.7. The van der Waals surface area contributed by atoms with Gasteiger partial charge >= 0.3 is 0 Å². The molecule has 0 bridgehead atoms. The van der Waals surface area contributed by atoms with Crippen LogP contribution in [0.25, 0.3) is 0 Å². The summed E-state index contributed by atoms with van der Waals surface area (Å²) in [5, 5.41) is 4.06. The van der Waals surface area contributed by atoms with Gasteiger partial charge in [0, 0.05) is 0 Å². The van der Waals surface area contributed by atoms with Crippen molar-refractivity contribution in [2.45, 2.75) is 13.8 Å². The largest absolute Gasteiger partial charge is 0.484 e. The highest BCUT2D eigenvalue weighted by molar-refractivity contribution is 9.11. The first-order valence-electron chi connectivity index (χ1n) is 6.33. The zero-order chi connectivity index (χ0) is 15.2. The zero-order valence-corrected chi connectivity index (χ0v) is 14.1. The van der Waals surface area contributed by atoms with Crippen molar-refractivity contribution >= 4 is 38.9 Å². The average Bonchev–Trinajstić information content (AvgIpc) is 2.89. The van der Waals surface area contributed by atoms with Crippen molar-refractivity contribution in [3.63, 3.8) is 0 Å². The lowest BCUT2D eigenvalue weighted by Crippen LogP contribution is -2.25. The van der Waals surface area contributed by atoms with E-state index in [1.54, 1.807) is 11.3 Å². The van der Waals surface area contributed by atoms with Crippen LogP contribution in [0.1, 0.15) is 17.4 Å². The number of nitrogens with zero attached hydrogens (tertiary/aromatic N) is 1. The van der Waals surface area contributed by atoms with E-state index < -0.39 is 0 Å². The van der Waals surface area contributed by atoms with Gasteiger partial charge in [0.15, 0.2) is 6.61 Å². The SMILES string of the molecule is CC(=NNC(=O)COc1cccc(C)c1)c1ccc(Br)s1.